The second-order valence-corrected chi connectivity index (χ2v) is 5.57. The highest BCUT2D eigenvalue weighted by Crippen LogP contribution is 2.13. The maximum Gasteiger partial charge on any atom is 0.128 e. The Hall–Kier alpha value is -1.41. The van der Waals surface area contributed by atoms with Crippen LogP contribution in [0.5, 0.6) is 0 Å². The van der Waals surface area contributed by atoms with Gasteiger partial charge in [0.05, 0.1) is 12.2 Å². The van der Waals surface area contributed by atoms with Gasteiger partial charge >= 0.3 is 0 Å². The number of benzene rings is 1. The molecule has 0 bridgehead atoms. The van der Waals surface area contributed by atoms with Gasteiger partial charge in [-0.2, -0.15) is 0 Å². The number of aliphatic hydroxyl groups is 2. The molecule has 0 fully saturated rings. The summed E-state index contributed by atoms with van der Waals surface area (Å²) in [7, 11) is 1.84. The third-order valence-electron chi connectivity index (χ3n) is 2.62. The lowest BCUT2D eigenvalue weighted by molar-refractivity contribution is 0.0422. The van der Waals surface area contributed by atoms with E-state index >= 15 is 0 Å². The van der Waals surface area contributed by atoms with Gasteiger partial charge in [0.1, 0.15) is 5.82 Å². The molecule has 0 unspecified atom stereocenters. The molecule has 2 N–H and O–H groups in total. The standard InChI is InChI=1S/C16H22FNO2/c1-16(2,20)12-18(3)11-14-8-7-13(10-15(14)17)6-4-5-9-19/h7-8,10,19-20H,5,9,11-12H2,1-3H3. The molecule has 0 radical (unpaired) electrons. The Morgan fingerprint density at radius 2 is 2.05 bits per heavy atom. The van der Waals surface area contributed by atoms with Crippen LogP contribution in [0.2, 0.25) is 0 Å². The lowest BCUT2D eigenvalue weighted by Crippen LogP contribution is -2.36. The van der Waals surface area contributed by atoms with Crippen LogP contribution in [-0.4, -0.2) is 40.9 Å². The molecule has 0 saturated heterocycles. The average molecular weight is 279 g/mol. The quantitative estimate of drug-likeness (QED) is 0.807. The molecule has 0 heterocycles. The van der Waals surface area contributed by atoms with Gasteiger partial charge in [-0.05, 0) is 33.0 Å². The van der Waals surface area contributed by atoms with E-state index in [1.54, 1.807) is 26.0 Å². The maximum atomic E-state index is 13.9. The Morgan fingerprint density at radius 3 is 2.60 bits per heavy atom. The molecule has 0 aliphatic carbocycles. The summed E-state index contributed by atoms with van der Waals surface area (Å²) in [5.74, 6) is 5.26. The van der Waals surface area contributed by atoms with Gasteiger partial charge in [0.15, 0.2) is 0 Å². The molecule has 1 rings (SSSR count). The summed E-state index contributed by atoms with van der Waals surface area (Å²) in [5.41, 5.74) is 0.371. The van der Waals surface area contributed by atoms with E-state index in [1.165, 1.54) is 6.07 Å². The van der Waals surface area contributed by atoms with Gasteiger partial charge in [-0.15, -0.1) is 0 Å². The van der Waals surface area contributed by atoms with Crippen LogP contribution < -0.4 is 0 Å². The number of aliphatic hydroxyl groups excluding tert-OH is 1. The zero-order chi connectivity index (χ0) is 15.2. The number of likely N-dealkylation sites (N-methyl/N-ethyl adjacent to an activating group) is 1. The molecule has 1 aromatic rings. The summed E-state index contributed by atoms with van der Waals surface area (Å²) < 4.78 is 13.9. The number of hydrogen-bond acceptors (Lipinski definition) is 3. The largest absolute Gasteiger partial charge is 0.395 e. The van der Waals surface area contributed by atoms with Gasteiger partial charge in [0, 0.05) is 30.6 Å². The van der Waals surface area contributed by atoms with E-state index in [0.29, 0.717) is 30.6 Å². The average Bonchev–Trinajstić information content (AvgIpc) is 2.30. The first-order valence-electron chi connectivity index (χ1n) is 6.61. The number of nitrogens with zero attached hydrogens (tertiary/aromatic N) is 1. The van der Waals surface area contributed by atoms with E-state index in [9.17, 15) is 9.50 Å². The molecular weight excluding hydrogens is 257 g/mol. The second kappa shape index (κ2) is 7.39. The molecule has 0 spiro atoms. The van der Waals surface area contributed by atoms with Gasteiger partial charge < -0.3 is 10.2 Å². The topological polar surface area (TPSA) is 43.7 Å². The number of rotatable bonds is 5. The minimum Gasteiger partial charge on any atom is -0.395 e. The van der Waals surface area contributed by atoms with Crippen LogP contribution in [0.4, 0.5) is 4.39 Å². The molecular formula is C16H22FNO2. The van der Waals surface area contributed by atoms with Crippen molar-refractivity contribution in [2.75, 3.05) is 20.2 Å². The van der Waals surface area contributed by atoms with E-state index in [4.69, 9.17) is 5.11 Å². The number of halogens is 1. The van der Waals surface area contributed by atoms with Crippen molar-refractivity contribution in [2.45, 2.75) is 32.4 Å². The fraction of sp³-hybridized carbons (Fsp3) is 0.500. The Kier molecular flexibility index (Phi) is 6.15. The van der Waals surface area contributed by atoms with Crippen molar-refractivity contribution in [3.63, 3.8) is 0 Å². The van der Waals surface area contributed by atoms with E-state index in [-0.39, 0.29) is 12.4 Å². The SMILES string of the molecule is CN(Cc1ccc(C#CCCO)cc1F)CC(C)(C)O. The highest BCUT2D eigenvalue weighted by Gasteiger charge is 2.16. The van der Waals surface area contributed by atoms with Gasteiger partial charge in [-0.3, -0.25) is 4.90 Å². The van der Waals surface area contributed by atoms with Crippen LogP contribution in [0.3, 0.4) is 0 Å². The molecule has 20 heavy (non-hydrogen) atoms. The zero-order valence-electron chi connectivity index (χ0n) is 12.3. The highest BCUT2D eigenvalue weighted by atomic mass is 19.1. The number of hydrogen-bond donors (Lipinski definition) is 2. The molecule has 3 nitrogen and oxygen atoms in total. The maximum absolute atomic E-state index is 13.9. The van der Waals surface area contributed by atoms with Gasteiger partial charge in [-0.1, -0.05) is 17.9 Å². The summed E-state index contributed by atoms with van der Waals surface area (Å²) in [6.07, 6.45) is 0.387. The second-order valence-electron chi connectivity index (χ2n) is 5.57. The molecule has 110 valence electrons. The lowest BCUT2D eigenvalue weighted by atomic mass is 10.1. The van der Waals surface area contributed by atoms with Crippen LogP contribution in [0, 0.1) is 17.7 Å². The van der Waals surface area contributed by atoms with Crippen molar-refractivity contribution >= 4 is 0 Å². The third-order valence-corrected chi connectivity index (χ3v) is 2.62. The lowest BCUT2D eigenvalue weighted by Gasteiger charge is -2.25. The van der Waals surface area contributed by atoms with Crippen molar-refractivity contribution in [3.8, 4) is 11.8 Å². The van der Waals surface area contributed by atoms with Gasteiger partial charge in [0.2, 0.25) is 0 Å². The summed E-state index contributed by atoms with van der Waals surface area (Å²) >= 11 is 0. The third kappa shape index (κ3) is 6.16. The van der Waals surface area contributed by atoms with Crippen LogP contribution in [0.15, 0.2) is 18.2 Å². The van der Waals surface area contributed by atoms with Crippen molar-refractivity contribution in [1.29, 1.82) is 0 Å². The first-order chi connectivity index (χ1) is 9.31. The minimum absolute atomic E-state index is 0.00923. The molecule has 0 aromatic heterocycles. The molecule has 0 aliphatic heterocycles. The first-order valence-corrected chi connectivity index (χ1v) is 6.61. The van der Waals surface area contributed by atoms with E-state index in [0.717, 1.165) is 0 Å². The van der Waals surface area contributed by atoms with E-state index in [1.807, 2.05) is 11.9 Å². The normalized spacial score (nSPS) is 11.3. The predicted molar refractivity (Wildman–Crippen MR) is 77.6 cm³/mol. The van der Waals surface area contributed by atoms with Crippen LogP contribution >= 0.6 is 0 Å². The Balaban J connectivity index is 2.72. The van der Waals surface area contributed by atoms with Crippen LogP contribution in [0.25, 0.3) is 0 Å². The van der Waals surface area contributed by atoms with Gasteiger partial charge in [-0.25, -0.2) is 4.39 Å². The predicted octanol–water partition coefficient (Wildman–Crippen LogP) is 1.76. The first kappa shape index (κ1) is 16.6. The molecule has 0 saturated carbocycles. The Labute approximate surface area is 120 Å². The Bertz CT molecular complexity index is 497. The summed E-state index contributed by atoms with van der Waals surface area (Å²) in [6, 6.07) is 4.87. The van der Waals surface area contributed by atoms with Crippen LogP contribution in [0.1, 0.15) is 31.4 Å². The molecule has 0 amide bonds. The van der Waals surface area contributed by atoms with E-state index < -0.39 is 5.60 Å². The molecule has 4 heteroatoms. The van der Waals surface area contributed by atoms with Crippen molar-refractivity contribution < 1.29 is 14.6 Å². The van der Waals surface area contributed by atoms with Crippen LogP contribution in [-0.2, 0) is 6.54 Å². The molecule has 1 aromatic carbocycles. The van der Waals surface area contributed by atoms with Crippen molar-refractivity contribution in [3.05, 3.63) is 35.1 Å². The fourth-order valence-corrected chi connectivity index (χ4v) is 1.98. The van der Waals surface area contributed by atoms with Crippen molar-refractivity contribution in [2.24, 2.45) is 0 Å². The summed E-state index contributed by atoms with van der Waals surface area (Å²) in [4.78, 5) is 1.87. The summed E-state index contributed by atoms with van der Waals surface area (Å²) in [6.45, 7) is 4.35. The minimum atomic E-state index is -0.805. The van der Waals surface area contributed by atoms with E-state index in [2.05, 4.69) is 11.8 Å². The summed E-state index contributed by atoms with van der Waals surface area (Å²) in [5, 5.41) is 18.4. The monoisotopic (exact) mass is 279 g/mol. The molecule has 0 aliphatic rings. The fourth-order valence-electron chi connectivity index (χ4n) is 1.98. The molecule has 0 atom stereocenters. The smallest absolute Gasteiger partial charge is 0.128 e. The Morgan fingerprint density at radius 1 is 1.35 bits per heavy atom. The van der Waals surface area contributed by atoms with Gasteiger partial charge in [0.25, 0.3) is 0 Å². The zero-order valence-corrected chi connectivity index (χ0v) is 12.3. The van der Waals surface area contributed by atoms with Crippen molar-refractivity contribution in [1.82, 2.24) is 4.90 Å². The highest BCUT2D eigenvalue weighted by molar-refractivity contribution is 5.37.